The lowest BCUT2D eigenvalue weighted by molar-refractivity contribution is -0.0998. The van der Waals surface area contributed by atoms with Gasteiger partial charge in [0.1, 0.15) is 0 Å². The Morgan fingerprint density at radius 2 is 0.759 bits per heavy atom. The van der Waals surface area contributed by atoms with Crippen LogP contribution in [0, 0.1) is 0 Å². The van der Waals surface area contributed by atoms with Crippen molar-refractivity contribution in [3.8, 4) is 0 Å². The Morgan fingerprint density at radius 1 is 0.483 bits per heavy atom. The molecule has 29 heavy (non-hydrogen) atoms. The molecule has 0 heterocycles. The lowest BCUT2D eigenvalue weighted by Gasteiger charge is -2.33. The van der Waals surface area contributed by atoms with Gasteiger partial charge in [0.05, 0.1) is 24.4 Å². The van der Waals surface area contributed by atoms with Crippen LogP contribution in [-0.2, 0) is 18.9 Å². The van der Waals surface area contributed by atoms with Gasteiger partial charge >= 0.3 is 0 Å². The van der Waals surface area contributed by atoms with Crippen LogP contribution in [0.2, 0.25) is 0 Å². The van der Waals surface area contributed by atoms with Crippen LogP contribution in [0.5, 0.6) is 0 Å². The fourth-order valence-corrected chi connectivity index (χ4v) is 3.90. The lowest BCUT2D eigenvalue weighted by Crippen LogP contribution is -2.37. The average molecular weight is 423 g/mol. The number of rotatable bonds is 18. The molecule has 0 fully saturated rings. The number of ether oxygens (including phenoxy) is 4. The molecule has 0 saturated carbocycles. The minimum atomic E-state index is -0.0196. The molecule has 0 aromatic carbocycles. The highest BCUT2D eigenvalue weighted by molar-refractivity contribution is 4.80. The van der Waals surface area contributed by atoms with Crippen molar-refractivity contribution < 1.29 is 24.4 Å². The van der Waals surface area contributed by atoms with Crippen LogP contribution in [0.4, 0.5) is 0 Å². The first-order valence-corrected chi connectivity index (χ1v) is 11.7. The molecule has 0 spiro atoms. The zero-order valence-electron chi connectivity index (χ0n) is 21.0. The summed E-state index contributed by atoms with van der Waals surface area (Å²) in [5.74, 6) is 0. The molecule has 0 bridgehead atoms. The van der Waals surface area contributed by atoms with E-state index in [-0.39, 0.29) is 16.7 Å². The number of hydrogen-bond acceptors (Lipinski definition) is 4. The van der Waals surface area contributed by atoms with Crippen LogP contribution in [0.25, 0.3) is 0 Å². The molecule has 0 aromatic heterocycles. The zero-order valence-corrected chi connectivity index (χ0v) is 21.0. The summed E-state index contributed by atoms with van der Waals surface area (Å²) in [5.41, 5.74) is -0.0392. The van der Waals surface area contributed by atoms with Crippen LogP contribution < -0.4 is 0 Å². The Kier molecular flexibility index (Phi) is 25.9. The highest BCUT2D eigenvalue weighted by atomic mass is 16.5. The van der Waals surface area contributed by atoms with Crippen molar-refractivity contribution in [2.24, 2.45) is 0 Å². The Labute approximate surface area is 182 Å². The minimum Gasteiger partial charge on any atom is -0.412 e. The molecule has 0 rings (SSSR count). The monoisotopic (exact) mass is 422 g/mol. The van der Waals surface area contributed by atoms with Gasteiger partial charge in [-0.3, -0.25) is 0 Å². The Balaban J connectivity index is -0.000000451. The van der Waals surface area contributed by atoms with E-state index in [1.807, 2.05) is 0 Å². The second kappa shape index (κ2) is 22.5. The van der Waals surface area contributed by atoms with E-state index in [9.17, 15) is 0 Å². The first-order valence-electron chi connectivity index (χ1n) is 11.7. The van der Waals surface area contributed by atoms with Gasteiger partial charge in [-0.1, -0.05) is 67.2 Å². The van der Waals surface area contributed by atoms with Gasteiger partial charge in [-0.15, -0.1) is 0 Å². The summed E-state index contributed by atoms with van der Waals surface area (Å²) in [4.78, 5) is 0. The Bertz CT molecular complexity index is 246. The first kappa shape index (κ1) is 33.4. The summed E-state index contributed by atoms with van der Waals surface area (Å²) in [5, 5.41) is 0. The maximum atomic E-state index is 5.98. The molecular weight excluding hydrogens is 368 g/mol. The topological polar surface area (TPSA) is 68.4 Å². The molecule has 0 aliphatic carbocycles. The molecular formula is C24H54O5. The van der Waals surface area contributed by atoms with E-state index in [1.54, 1.807) is 14.2 Å². The molecule has 0 aromatic rings. The molecule has 0 amide bonds. The SMILES string of the molecule is CCCOC(CCC)(CCC)COC.CCCOC(CCC)(CCC)COC.O. The molecule has 5 heteroatoms. The third-order valence-corrected chi connectivity index (χ3v) is 4.86. The third kappa shape index (κ3) is 16.2. The fourth-order valence-electron chi connectivity index (χ4n) is 3.90. The van der Waals surface area contributed by atoms with Crippen LogP contribution in [0.3, 0.4) is 0 Å². The fraction of sp³-hybridized carbons (Fsp3) is 1.00. The van der Waals surface area contributed by atoms with Gasteiger partial charge in [0, 0.05) is 27.4 Å². The smallest absolute Gasteiger partial charge is 0.0914 e. The minimum absolute atomic E-state index is 0. The Hall–Kier alpha value is -0.200. The van der Waals surface area contributed by atoms with Crippen molar-refractivity contribution >= 4 is 0 Å². The predicted molar refractivity (Wildman–Crippen MR) is 125 cm³/mol. The van der Waals surface area contributed by atoms with E-state index in [1.165, 1.54) is 0 Å². The van der Waals surface area contributed by atoms with Gasteiger partial charge in [0.2, 0.25) is 0 Å². The van der Waals surface area contributed by atoms with Crippen molar-refractivity contribution in [3.05, 3.63) is 0 Å². The average Bonchev–Trinajstić information content (AvgIpc) is 2.67. The molecule has 180 valence electrons. The summed E-state index contributed by atoms with van der Waals surface area (Å²) in [6.45, 7) is 16.3. The Morgan fingerprint density at radius 3 is 0.931 bits per heavy atom. The molecule has 2 N–H and O–H groups in total. The van der Waals surface area contributed by atoms with E-state index in [0.29, 0.717) is 0 Å². The van der Waals surface area contributed by atoms with Crippen LogP contribution in [-0.4, -0.2) is 57.3 Å². The predicted octanol–water partition coefficient (Wildman–Crippen LogP) is 5.97. The van der Waals surface area contributed by atoms with Gasteiger partial charge in [-0.05, 0) is 38.5 Å². The van der Waals surface area contributed by atoms with Crippen molar-refractivity contribution in [2.75, 3.05) is 40.6 Å². The van der Waals surface area contributed by atoms with E-state index in [4.69, 9.17) is 18.9 Å². The van der Waals surface area contributed by atoms with Crippen molar-refractivity contribution in [2.45, 2.75) is 117 Å². The van der Waals surface area contributed by atoms with E-state index >= 15 is 0 Å². The van der Waals surface area contributed by atoms with Crippen molar-refractivity contribution in [1.29, 1.82) is 0 Å². The van der Waals surface area contributed by atoms with Gasteiger partial charge in [0.25, 0.3) is 0 Å². The molecule has 5 nitrogen and oxygen atoms in total. The van der Waals surface area contributed by atoms with Crippen LogP contribution >= 0.6 is 0 Å². The normalized spacial score (nSPS) is 11.6. The number of methoxy groups -OCH3 is 2. The molecule has 0 atom stereocenters. The summed E-state index contributed by atoms with van der Waals surface area (Å²) in [6, 6.07) is 0. The van der Waals surface area contributed by atoms with Crippen LogP contribution in [0.1, 0.15) is 106 Å². The largest absolute Gasteiger partial charge is 0.412 e. The summed E-state index contributed by atoms with van der Waals surface area (Å²) >= 11 is 0. The van der Waals surface area contributed by atoms with E-state index < -0.39 is 0 Å². The first-order chi connectivity index (χ1) is 13.5. The van der Waals surface area contributed by atoms with Crippen LogP contribution in [0.15, 0.2) is 0 Å². The van der Waals surface area contributed by atoms with E-state index in [2.05, 4.69) is 41.5 Å². The number of hydrogen-bond donors (Lipinski definition) is 0. The summed E-state index contributed by atoms with van der Waals surface area (Å²) in [7, 11) is 3.52. The summed E-state index contributed by atoms with van der Waals surface area (Å²) in [6.07, 6.45) is 11.2. The second-order valence-electron chi connectivity index (χ2n) is 7.93. The summed E-state index contributed by atoms with van der Waals surface area (Å²) < 4.78 is 22.5. The molecule has 0 unspecified atom stereocenters. The highest BCUT2D eigenvalue weighted by Gasteiger charge is 2.29. The van der Waals surface area contributed by atoms with Crippen molar-refractivity contribution in [3.63, 3.8) is 0 Å². The maximum Gasteiger partial charge on any atom is 0.0914 e. The maximum absolute atomic E-state index is 5.98. The second-order valence-corrected chi connectivity index (χ2v) is 7.93. The highest BCUT2D eigenvalue weighted by Crippen LogP contribution is 2.26. The third-order valence-electron chi connectivity index (χ3n) is 4.86. The molecule has 0 radical (unpaired) electrons. The zero-order chi connectivity index (χ0) is 21.7. The van der Waals surface area contributed by atoms with Crippen molar-refractivity contribution in [1.82, 2.24) is 0 Å². The van der Waals surface area contributed by atoms with Gasteiger partial charge in [-0.2, -0.15) is 0 Å². The lowest BCUT2D eigenvalue weighted by atomic mass is 9.93. The standard InChI is InChI=1S/2C12H26O2.H2O/c2*1-5-8-12(9-6-2,11-13-4)14-10-7-3;/h2*5-11H2,1-4H3;1H2. The van der Waals surface area contributed by atoms with Gasteiger partial charge in [-0.25, -0.2) is 0 Å². The molecule has 0 saturated heterocycles. The van der Waals surface area contributed by atoms with E-state index in [0.717, 1.165) is 90.6 Å². The quantitative estimate of drug-likeness (QED) is 0.273. The molecule has 0 aliphatic heterocycles. The van der Waals surface area contributed by atoms with Gasteiger partial charge < -0.3 is 24.4 Å². The van der Waals surface area contributed by atoms with Gasteiger partial charge in [0.15, 0.2) is 0 Å². The molecule has 0 aliphatic rings.